The molecule has 72 valence electrons. The maximum atomic E-state index is 11.4. The molecule has 0 radical (unpaired) electrons. The fourth-order valence-electron chi connectivity index (χ4n) is 1.44. The molecule has 1 rings (SSSR count). The number of carbonyl (C=O) groups is 2. The Morgan fingerprint density at radius 3 is 2.85 bits per heavy atom. The summed E-state index contributed by atoms with van der Waals surface area (Å²) in [5.74, 6) is -0.159. The molecule has 0 aromatic heterocycles. The fraction of sp³-hybridized carbons (Fsp3) is 0.556. The molecule has 0 bridgehead atoms. The highest BCUT2D eigenvalue weighted by atomic mass is 16.2. The zero-order chi connectivity index (χ0) is 10.0. The van der Waals surface area contributed by atoms with Crippen LogP contribution in [0.1, 0.15) is 13.8 Å². The minimum absolute atomic E-state index is 0.0560. The van der Waals surface area contributed by atoms with Crippen molar-refractivity contribution >= 4 is 11.8 Å². The molecule has 0 aromatic rings. The molecular formula is C9H14N2O2. The van der Waals surface area contributed by atoms with Gasteiger partial charge in [-0.1, -0.05) is 6.08 Å². The van der Waals surface area contributed by atoms with Crippen molar-refractivity contribution < 1.29 is 9.59 Å². The van der Waals surface area contributed by atoms with Crippen molar-refractivity contribution in [3.05, 3.63) is 12.7 Å². The molecule has 0 aromatic carbocycles. The normalized spacial score (nSPS) is 25.4. The van der Waals surface area contributed by atoms with Gasteiger partial charge in [0.15, 0.2) is 0 Å². The van der Waals surface area contributed by atoms with Gasteiger partial charge in [0, 0.05) is 6.04 Å². The summed E-state index contributed by atoms with van der Waals surface area (Å²) in [6, 6.07) is -0.484. The maximum absolute atomic E-state index is 11.4. The molecule has 2 unspecified atom stereocenters. The predicted octanol–water partition coefficient (Wildman–Crippen LogP) is -0.0922. The largest absolute Gasteiger partial charge is 0.345 e. The second-order valence-corrected chi connectivity index (χ2v) is 3.17. The van der Waals surface area contributed by atoms with E-state index in [0.717, 1.165) is 0 Å². The lowest BCUT2D eigenvalue weighted by Gasteiger charge is -2.35. The van der Waals surface area contributed by atoms with Crippen LogP contribution >= 0.6 is 0 Å². The zero-order valence-electron chi connectivity index (χ0n) is 7.91. The summed E-state index contributed by atoms with van der Waals surface area (Å²) < 4.78 is 0. The molecule has 0 spiro atoms. The summed E-state index contributed by atoms with van der Waals surface area (Å²) in [5.41, 5.74) is 0. The third-order valence-electron chi connectivity index (χ3n) is 2.28. The highest BCUT2D eigenvalue weighted by Gasteiger charge is 2.32. The quantitative estimate of drug-likeness (QED) is 0.607. The molecule has 1 fully saturated rings. The first-order valence-corrected chi connectivity index (χ1v) is 4.29. The van der Waals surface area contributed by atoms with Gasteiger partial charge in [0.05, 0.1) is 6.54 Å². The van der Waals surface area contributed by atoms with Crippen LogP contribution in [-0.2, 0) is 9.59 Å². The summed E-state index contributed by atoms with van der Waals surface area (Å²) in [5, 5.41) is 2.53. The molecule has 1 saturated heterocycles. The molecule has 1 aliphatic rings. The van der Waals surface area contributed by atoms with Crippen molar-refractivity contribution in [1.82, 2.24) is 10.2 Å². The van der Waals surface area contributed by atoms with E-state index >= 15 is 0 Å². The van der Waals surface area contributed by atoms with E-state index < -0.39 is 6.04 Å². The predicted molar refractivity (Wildman–Crippen MR) is 49.0 cm³/mol. The molecule has 4 nitrogen and oxygen atoms in total. The monoisotopic (exact) mass is 182 g/mol. The van der Waals surface area contributed by atoms with Crippen LogP contribution in [0.15, 0.2) is 12.7 Å². The minimum Gasteiger partial charge on any atom is -0.345 e. The topological polar surface area (TPSA) is 49.4 Å². The highest BCUT2D eigenvalue weighted by Crippen LogP contribution is 2.10. The molecule has 2 atom stereocenters. The summed E-state index contributed by atoms with van der Waals surface area (Å²) in [4.78, 5) is 24.2. The van der Waals surface area contributed by atoms with E-state index in [0.29, 0.717) is 0 Å². The van der Waals surface area contributed by atoms with Gasteiger partial charge in [-0.15, -0.1) is 6.58 Å². The van der Waals surface area contributed by atoms with Gasteiger partial charge in [-0.05, 0) is 13.8 Å². The SMILES string of the molecule is C=CC(C)N1C(=O)CNC(=O)C1C. The first-order chi connectivity index (χ1) is 6.07. The van der Waals surface area contributed by atoms with E-state index in [4.69, 9.17) is 0 Å². The number of hydrogen-bond acceptors (Lipinski definition) is 2. The van der Waals surface area contributed by atoms with E-state index in [9.17, 15) is 9.59 Å². The lowest BCUT2D eigenvalue weighted by Crippen LogP contribution is -2.59. The van der Waals surface area contributed by atoms with E-state index in [1.807, 2.05) is 6.92 Å². The standard InChI is InChI=1S/C9H14N2O2/c1-4-6(2)11-7(3)9(13)10-5-8(11)12/h4,6-7H,1,5H2,2-3H3,(H,10,13). The molecule has 1 aliphatic heterocycles. The second-order valence-electron chi connectivity index (χ2n) is 3.17. The number of hydrogen-bond donors (Lipinski definition) is 1. The first-order valence-electron chi connectivity index (χ1n) is 4.29. The van der Waals surface area contributed by atoms with E-state index in [1.165, 1.54) is 0 Å². The number of nitrogens with one attached hydrogen (secondary N) is 1. The number of rotatable bonds is 2. The number of amides is 2. The van der Waals surface area contributed by atoms with E-state index in [2.05, 4.69) is 11.9 Å². The lowest BCUT2D eigenvalue weighted by molar-refractivity contribution is -0.146. The Morgan fingerprint density at radius 2 is 2.31 bits per heavy atom. The van der Waals surface area contributed by atoms with Crippen molar-refractivity contribution in [3.63, 3.8) is 0 Å². The zero-order valence-corrected chi connectivity index (χ0v) is 7.91. The summed E-state index contributed by atoms with van der Waals surface area (Å²) in [6.07, 6.45) is 1.66. The lowest BCUT2D eigenvalue weighted by atomic mass is 10.1. The van der Waals surface area contributed by atoms with Gasteiger partial charge in [-0.25, -0.2) is 0 Å². The molecular weight excluding hydrogens is 168 g/mol. The van der Waals surface area contributed by atoms with Gasteiger partial charge in [-0.2, -0.15) is 0 Å². The first kappa shape index (κ1) is 9.77. The molecule has 0 aliphatic carbocycles. The van der Waals surface area contributed by atoms with Crippen LogP contribution < -0.4 is 5.32 Å². The third kappa shape index (κ3) is 1.71. The van der Waals surface area contributed by atoms with Crippen molar-refractivity contribution in [3.8, 4) is 0 Å². The Balaban J connectivity index is 2.83. The van der Waals surface area contributed by atoms with Crippen LogP contribution in [-0.4, -0.2) is 35.3 Å². The smallest absolute Gasteiger partial charge is 0.243 e. The van der Waals surface area contributed by atoms with E-state index in [-0.39, 0.29) is 24.4 Å². The van der Waals surface area contributed by atoms with Gasteiger partial charge in [-0.3, -0.25) is 9.59 Å². The van der Waals surface area contributed by atoms with Crippen molar-refractivity contribution in [2.24, 2.45) is 0 Å². The van der Waals surface area contributed by atoms with Crippen LogP contribution in [0.4, 0.5) is 0 Å². The number of nitrogens with zero attached hydrogens (tertiary/aromatic N) is 1. The molecule has 13 heavy (non-hydrogen) atoms. The molecule has 4 heteroatoms. The summed E-state index contributed by atoms with van der Waals surface area (Å²) in [7, 11) is 0. The molecule has 0 saturated carbocycles. The Kier molecular flexibility index (Phi) is 2.70. The summed E-state index contributed by atoms with van der Waals surface area (Å²) >= 11 is 0. The van der Waals surface area contributed by atoms with Crippen LogP contribution in [0.5, 0.6) is 0 Å². The van der Waals surface area contributed by atoms with Gasteiger partial charge in [0.1, 0.15) is 6.04 Å². The van der Waals surface area contributed by atoms with Crippen molar-refractivity contribution in [2.45, 2.75) is 25.9 Å². The van der Waals surface area contributed by atoms with Crippen LogP contribution in [0, 0.1) is 0 Å². The molecule has 1 N–H and O–H groups in total. The average Bonchev–Trinajstić information content (AvgIpc) is 2.12. The van der Waals surface area contributed by atoms with Crippen LogP contribution in [0.3, 0.4) is 0 Å². The minimum atomic E-state index is -0.394. The van der Waals surface area contributed by atoms with Crippen molar-refractivity contribution in [1.29, 1.82) is 0 Å². The van der Waals surface area contributed by atoms with E-state index in [1.54, 1.807) is 17.9 Å². The Morgan fingerprint density at radius 1 is 1.69 bits per heavy atom. The Hall–Kier alpha value is -1.32. The fourth-order valence-corrected chi connectivity index (χ4v) is 1.44. The Labute approximate surface area is 77.6 Å². The van der Waals surface area contributed by atoms with Gasteiger partial charge in [0.2, 0.25) is 11.8 Å². The molecule has 2 amide bonds. The number of piperazine rings is 1. The van der Waals surface area contributed by atoms with Crippen molar-refractivity contribution in [2.75, 3.05) is 6.54 Å². The molecule has 1 heterocycles. The van der Waals surface area contributed by atoms with Crippen LogP contribution in [0.2, 0.25) is 0 Å². The van der Waals surface area contributed by atoms with Gasteiger partial charge >= 0.3 is 0 Å². The Bertz CT molecular complexity index is 250. The third-order valence-corrected chi connectivity index (χ3v) is 2.28. The van der Waals surface area contributed by atoms with Gasteiger partial charge < -0.3 is 10.2 Å². The second kappa shape index (κ2) is 3.60. The van der Waals surface area contributed by atoms with Gasteiger partial charge in [0.25, 0.3) is 0 Å². The number of carbonyl (C=O) groups excluding carboxylic acids is 2. The maximum Gasteiger partial charge on any atom is 0.243 e. The average molecular weight is 182 g/mol. The summed E-state index contributed by atoms with van der Waals surface area (Å²) in [6.45, 7) is 7.26. The van der Waals surface area contributed by atoms with Crippen LogP contribution in [0.25, 0.3) is 0 Å². The highest BCUT2D eigenvalue weighted by molar-refractivity contribution is 5.94.